The molecule has 0 unspecified atom stereocenters. The Labute approximate surface area is 174 Å². The van der Waals surface area contributed by atoms with Gasteiger partial charge in [-0.2, -0.15) is 0 Å². The summed E-state index contributed by atoms with van der Waals surface area (Å²) in [6.07, 6.45) is 2.40. The lowest BCUT2D eigenvalue weighted by Gasteiger charge is -2.30. The molecular formula is C24H33ClN2O. The van der Waals surface area contributed by atoms with Gasteiger partial charge in [0.15, 0.2) is 0 Å². The van der Waals surface area contributed by atoms with Crippen LogP contribution in [0.5, 0.6) is 0 Å². The first-order valence-electron chi connectivity index (χ1n) is 9.99. The molecule has 0 fully saturated rings. The first-order chi connectivity index (χ1) is 13.0. The molecule has 2 aromatic carbocycles. The van der Waals surface area contributed by atoms with Crippen LogP contribution in [0.3, 0.4) is 0 Å². The molecule has 152 valence electrons. The molecule has 28 heavy (non-hydrogen) atoms. The molecule has 0 aliphatic heterocycles. The highest BCUT2D eigenvalue weighted by Gasteiger charge is 2.26. The molecule has 0 aliphatic carbocycles. The van der Waals surface area contributed by atoms with Gasteiger partial charge in [-0.05, 0) is 58.6 Å². The van der Waals surface area contributed by atoms with Gasteiger partial charge in [-0.25, -0.2) is 0 Å². The summed E-state index contributed by atoms with van der Waals surface area (Å²) in [6.45, 7) is 13.4. The van der Waals surface area contributed by atoms with E-state index in [9.17, 15) is 4.79 Å². The van der Waals surface area contributed by atoms with Gasteiger partial charge in [-0.3, -0.25) is 4.79 Å². The van der Waals surface area contributed by atoms with Crippen molar-refractivity contribution in [1.29, 1.82) is 0 Å². The Kier molecular flexibility index (Phi) is 6.82. The van der Waals surface area contributed by atoms with E-state index in [-0.39, 0.29) is 16.7 Å². The normalized spacial score (nSPS) is 12.1. The summed E-state index contributed by atoms with van der Waals surface area (Å²) in [5.41, 5.74) is 10.7. The molecule has 0 atom stereocenters. The number of halogens is 1. The largest absolute Gasteiger partial charge is 0.397 e. The molecule has 0 saturated carbocycles. The van der Waals surface area contributed by atoms with Crippen LogP contribution in [0.25, 0.3) is 0 Å². The number of amides is 1. The molecule has 2 aromatic rings. The first-order valence-corrected chi connectivity index (χ1v) is 10.4. The molecule has 4 heteroatoms. The summed E-state index contributed by atoms with van der Waals surface area (Å²) in [5, 5.41) is 3.42. The quantitative estimate of drug-likeness (QED) is 0.522. The second-order valence-electron chi connectivity index (χ2n) is 8.81. The van der Waals surface area contributed by atoms with E-state index < -0.39 is 0 Å². The molecular weight excluding hydrogens is 368 g/mol. The number of benzene rings is 2. The molecule has 3 N–H and O–H groups in total. The minimum atomic E-state index is -0.0580. The Bertz CT molecular complexity index is 856. The summed E-state index contributed by atoms with van der Waals surface area (Å²) in [6, 6.07) is 11.7. The van der Waals surface area contributed by atoms with Crippen molar-refractivity contribution in [3.63, 3.8) is 0 Å². The highest BCUT2D eigenvalue weighted by atomic mass is 35.5. The first kappa shape index (κ1) is 22.3. The van der Waals surface area contributed by atoms with Crippen LogP contribution >= 0.6 is 11.6 Å². The molecule has 0 radical (unpaired) electrons. The number of nitrogens with two attached hydrogens (primary N) is 1. The fraction of sp³-hybridized carbons (Fsp3) is 0.458. The van der Waals surface area contributed by atoms with Gasteiger partial charge in [-0.15, -0.1) is 0 Å². The maximum absolute atomic E-state index is 12.7. The van der Waals surface area contributed by atoms with Crippen LogP contribution in [-0.2, 0) is 22.0 Å². The third-order valence-corrected chi connectivity index (χ3v) is 6.36. The van der Waals surface area contributed by atoms with Crippen molar-refractivity contribution < 1.29 is 4.79 Å². The van der Waals surface area contributed by atoms with E-state index >= 15 is 0 Å². The monoisotopic (exact) mass is 400 g/mol. The van der Waals surface area contributed by atoms with Crippen LogP contribution in [0.4, 0.5) is 11.4 Å². The van der Waals surface area contributed by atoms with E-state index in [1.54, 1.807) is 18.2 Å². The Morgan fingerprint density at radius 2 is 1.64 bits per heavy atom. The minimum Gasteiger partial charge on any atom is -0.397 e. The zero-order chi connectivity index (χ0) is 21.1. The highest BCUT2D eigenvalue weighted by Crippen LogP contribution is 2.35. The molecule has 0 heterocycles. The van der Waals surface area contributed by atoms with Gasteiger partial charge in [0, 0.05) is 5.69 Å². The van der Waals surface area contributed by atoms with Crippen molar-refractivity contribution in [2.24, 2.45) is 0 Å². The van der Waals surface area contributed by atoms with Crippen LogP contribution in [-0.4, -0.2) is 5.91 Å². The van der Waals surface area contributed by atoms with Crippen molar-refractivity contribution >= 4 is 28.9 Å². The number of nitrogens with one attached hydrogen (secondary N) is 1. The third kappa shape index (κ3) is 5.08. The van der Waals surface area contributed by atoms with Gasteiger partial charge in [0.1, 0.15) is 0 Å². The molecule has 0 bridgehead atoms. The van der Waals surface area contributed by atoms with Crippen LogP contribution in [0.2, 0.25) is 5.02 Å². The molecule has 2 rings (SSSR count). The zero-order valence-electron chi connectivity index (χ0n) is 17.9. The van der Waals surface area contributed by atoms with E-state index in [1.165, 1.54) is 11.1 Å². The third-order valence-electron chi connectivity index (χ3n) is 6.02. The second-order valence-corrected chi connectivity index (χ2v) is 9.22. The van der Waals surface area contributed by atoms with Crippen molar-refractivity contribution in [3.05, 3.63) is 58.1 Å². The predicted molar refractivity (Wildman–Crippen MR) is 121 cm³/mol. The number of nitrogen functional groups attached to an aromatic ring is 1. The average Bonchev–Trinajstić information content (AvgIpc) is 2.64. The summed E-state index contributed by atoms with van der Waals surface area (Å²) in [4.78, 5) is 12.7. The van der Waals surface area contributed by atoms with E-state index in [1.807, 2.05) is 0 Å². The summed E-state index contributed by atoms with van der Waals surface area (Å²) < 4.78 is 0. The zero-order valence-corrected chi connectivity index (χ0v) is 18.7. The Morgan fingerprint density at radius 1 is 1.00 bits per heavy atom. The van der Waals surface area contributed by atoms with Crippen molar-refractivity contribution in [2.45, 2.75) is 71.6 Å². The minimum absolute atomic E-state index is 0.000144. The number of carbonyl (C=O) groups excluding carboxylic acids is 1. The van der Waals surface area contributed by atoms with Crippen molar-refractivity contribution in [2.75, 3.05) is 11.1 Å². The van der Waals surface area contributed by atoms with Crippen LogP contribution < -0.4 is 11.1 Å². The number of hydrogen-bond donors (Lipinski definition) is 2. The van der Waals surface area contributed by atoms with E-state index in [2.05, 4.69) is 65.1 Å². The lowest BCUT2D eigenvalue weighted by Crippen LogP contribution is -2.24. The number of anilines is 2. The van der Waals surface area contributed by atoms with Gasteiger partial charge in [0.25, 0.3) is 0 Å². The molecule has 0 spiro atoms. The molecule has 0 aromatic heterocycles. The number of hydrogen-bond acceptors (Lipinski definition) is 2. The van der Waals surface area contributed by atoms with E-state index in [0.717, 1.165) is 18.4 Å². The molecule has 3 nitrogen and oxygen atoms in total. The van der Waals surface area contributed by atoms with Crippen LogP contribution in [0.1, 0.15) is 71.1 Å². The molecule has 0 saturated heterocycles. The van der Waals surface area contributed by atoms with Gasteiger partial charge in [-0.1, -0.05) is 71.3 Å². The van der Waals surface area contributed by atoms with E-state index in [4.69, 9.17) is 17.3 Å². The van der Waals surface area contributed by atoms with Gasteiger partial charge < -0.3 is 11.1 Å². The fourth-order valence-corrected chi connectivity index (χ4v) is 3.29. The summed E-state index contributed by atoms with van der Waals surface area (Å²) in [7, 11) is 0. The average molecular weight is 401 g/mol. The van der Waals surface area contributed by atoms with E-state index in [0.29, 0.717) is 22.8 Å². The topological polar surface area (TPSA) is 55.1 Å². The highest BCUT2D eigenvalue weighted by molar-refractivity contribution is 6.33. The SMILES string of the molecule is CCC(C)(C)c1ccc(CC(=O)Nc2ccc(Cl)c(N)c2)c(C(C)(C)CC)c1. The summed E-state index contributed by atoms with van der Waals surface area (Å²) in [5.74, 6) is -0.0580. The van der Waals surface area contributed by atoms with Gasteiger partial charge in [0.2, 0.25) is 5.91 Å². The Morgan fingerprint density at radius 3 is 2.21 bits per heavy atom. The summed E-state index contributed by atoms with van der Waals surface area (Å²) >= 11 is 5.96. The Hall–Kier alpha value is -2.00. The van der Waals surface area contributed by atoms with Crippen molar-refractivity contribution in [3.8, 4) is 0 Å². The second kappa shape index (κ2) is 8.57. The van der Waals surface area contributed by atoms with Crippen molar-refractivity contribution in [1.82, 2.24) is 0 Å². The smallest absolute Gasteiger partial charge is 0.228 e. The molecule has 0 aliphatic rings. The fourth-order valence-electron chi connectivity index (χ4n) is 3.18. The van der Waals surface area contributed by atoms with Gasteiger partial charge >= 0.3 is 0 Å². The lowest BCUT2D eigenvalue weighted by molar-refractivity contribution is -0.115. The Balaban J connectivity index is 2.33. The maximum Gasteiger partial charge on any atom is 0.228 e. The molecule has 1 amide bonds. The van der Waals surface area contributed by atoms with Crippen LogP contribution in [0.15, 0.2) is 36.4 Å². The van der Waals surface area contributed by atoms with Gasteiger partial charge in [0.05, 0.1) is 17.1 Å². The standard InChI is InChI=1S/C24H33ClN2O/c1-7-23(3,4)17-10-9-16(19(14-17)24(5,6)8-2)13-22(28)27-18-11-12-20(25)21(26)15-18/h9-12,14-15H,7-8,13,26H2,1-6H3,(H,27,28). The lowest BCUT2D eigenvalue weighted by atomic mass is 9.74. The van der Waals surface area contributed by atoms with Crippen LogP contribution in [0, 0.1) is 0 Å². The maximum atomic E-state index is 12.7. The number of rotatable bonds is 7. The predicted octanol–water partition coefficient (Wildman–Crippen LogP) is 6.48. The number of carbonyl (C=O) groups is 1.